The van der Waals surface area contributed by atoms with Crippen molar-refractivity contribution in [3.63, 3.8) is 0 Å². The number of primary amides is 1. The van der Waals surface area contributed by atoms with Gasteiger partial charge in [-0.15, -0.1) is 0 Å². The molecule has 5 aliphatic carbocycles. The van der Waals surface area contributed by atoms with E-state index in [-0.39, 0.29) is 30.1 Å². The first-order valence-corrected chi connectivity index (χ1v) is 14.4. The standard InChI is InChI=1S/C30H35F3N4O6/c1-37(2)23-16-8-13-7-15-20(24(39)19(13)27(41)29(16,43)26(34)21(25(23)40)28(35)42)18(38)9-14(22(15)30(31,32)33)10-36-17-6-11-3-4-12(17)5-11/h9,11-13,16-17,23,34,36,38,40-41,43H,3-8,10H2,1-2H3,(H2,35,42)/t11?,12-,13-,16-,17-,23-,29+/m0/s1. The van der Waals surface area contributed by atoms with Crippen molar-refractivity contribution in [2.45, 2.75) is 68.9 Å². The van der Waals surface area contributed by atoms with E-state index < -0.39 is 93.0 Å². The summed E-state index contributed by atoms with van der Waals surface area (Å²) in [5, 5.41) is 56.9. The van der Waals surface area contributed by atoms with Crippen LogP contribution in [0.2, 0.25) is 0 Å². The molecule has 13 heteroatoms. The first-order valence-electron chi connectivity index (χ1n) is 14.4. The fraction of sp³-hybridized carbons (Fsp3) is 0.567. The molecular weight excluding hydrogens is 569 g/mol. The number of carbonyl (C=O) groups excluding carboxylic acids is 2. The van der Waals surface area contributed by atoms with Gasteiger partial charge in [0.2, 0.25) is 0 Å². The second-order valence-electron chi connectivity index (χ2n) is 13.0. The van der Waals surface area contributed by atoms with Gasteiger partial charge in [-0.25, -0.2) is 0 Å². The number of phenols is 1. The van der Waals surface area contributed by atoms with E-state index in [1.165, 1.54) is 19.0 Å². The maximum absolute atomic E-state index is 14.7. The van der Waals surface area contributed by atoms with Crippen LogP contribution in [0.5, 0.6) is 5.75 Å². The number of phenolic OH excluding ortho intramolecular Hbond substituents is 1. The number of carbonyl (C=O) groups is 2. The zero-order valence-electron chi connectivity index (χ0n) is 23.8. The van der Waals surface area contributed by atoms with Gasteiger partial charge in [-0.3, -0.25) is 14.5 Å². The van der Waals surface area contributed by atoms with Crippen molar-refractivity contribution >= 4 is 17.4 Å². The van der Waals surface area contributed by atoms with Crippen molar-refractivity contribution in [1.29, 1.82) is 5.41 Å². The van der Waals surface area contributed by atoms with Gasteiger partial charge < -0.3 is 36.9 Å². The Hall–Kier alpha value is -3.42. The molecule has 1 amide bonds. The maximum atomic E-state index is 14.7. The van der Waals surface area contributed by atoms with E-state index in [0.29, 0.717) is 11.8 Å². The smallest absolute Gasteiger partial charge is 0.417 e. The van der Waals surface area contributed by atoms with Crippen LogP contribution < -0.4 is 11.1 Å². The normalized spacial score (nSPS) is 33.7. The molecule has 7 atom stereocenters. The molecule has 0 aliphatic heterocycles. The molecule has 0 saturated heterocycles. The molecule has 43 heavy (non-hydrogen) atoms. The minimum Gasteiger partial charge on any atom is -0.510 e. The number of alkyl halides is 3. The van der Waals surface area contributed by atoms with Gasteiger partial charge >= 0.3 is 6.18 Å². The monoisotopic (exact) mass is 604 g/mol. The van der Waals surface area contributed by atoms with Crippen molar-refractivity contribution < 1.29 is 43.2 Å². The van der Waals surface area contributed by atoms with Crippen LogP contribution >= 0.6 is 0 Å². The molecule has 0 radical (unpaired) electrons. The van der Waals surface area contributed by atoms with E-state index in [2.05, 4.69) is 5.32 Å². The lowest BCUT2D eigenvalue weighted by Crippen LogP contribution is -2.63. The third kappa shape index (κ3) is 4.22. The van der Waals surface area contributed by atoms with Gasteiger partial charge in [0.25, 0.3) is 5.91 Å². The minimum absolute atomic E-state index is 0.0813. The highest BCUT2D eigenvalue weighted by atomic mass is 19.4. The molecular formula is C30H35F3N4O6. The molecule has 1 aromatic carbocycles. The highest BCUT2D eigenvalue weighted by Crippen LogP contribution is 2.54. The van der Waals surface area contributed by atoms with Crippen molar-refractivity contribution in [2.75, 3.05) is 14.1 Å². The van der Waals surface area contributed by atoms with Crippen LogP contribution in [0.15, 0.2) is 28.7 Å². The van der Waals surface area contributed by atoms with Gasteiger partial charge in [0.15, 0.2) is 11.4 Å². The summed E-state index contributed by atoms with van der Waals surface area (Å²) in [5.74, 6) is -5.90. The van der Waals surface area contributed by atoms with Crippen LogP contribution in [-0.2, 0) is 23.9 Å². The van der Waals surface area contributed by atoms with Crippen molar-refractivity contribution in [3.8, 4) is 5.75 Å². The molecule has 0 spiro atoms. The second kappa shape index (κ2) is 9.80. The number of likely N-dealkylation sites (N-methyl/N-ethyl adjacent to an activating group) is 1. The number of benzene rings is 1. The fourth-order valence-electron chi connectivity index (χ4n) is 8.67. The highest BCUT2D eigenvalue weighted by Gasteiger charge is 2.62. The number of Topliss-reactive ketones (excluding diaryl/α,β-unsaturated/α-hetero) is 1. The van der Waals surface area contributed by atoms with Crippen LogP contribution in [0, 0.1) is 29.1 Å². The predicted octanol–water partition coefficient (Wildman–Crippen LogP) is 2.87. The predicted molar refractivity (Wildman–Crippen MR) is 147 cm³/mol. The van der Waals surface area contributed by atoms with Gasteiger partial charge in [-0.05, 0) is 81.1 Å². The van der Waals surface area contributed by atoms with Crippen molar-refractivity contribution in [2.24, 2.45) is 29.4 Å². The molecule has 1 unspecified atom stereocenters. The van der Waals surface area contributed by atoms with Gasteiger partial charge in [0.1, 0.15) is 22.8 Å². The van der Waals surface area contributed by atoms with Gasteiger partial charge in [0.05, 0.1) is 22.9 Å². The number of allylic oxidation sites excluding steroid dienone is 1. The molecule has 2 fully saturated rings. The Balaban J connectivity index is 1.46. The number of ketones is 1. The molecule has 8 N–H and O–H groups in total. The number of rotatable bonds is 5. The molecule has 0 aromatic heterocycles. The van der Waals surface area contributed by atoms with E-state index in [9.17, 15) is 43.2 Å². The quantitative estimate of drug-likeness (QED) is 0.268. The summed E-state index contributed by atoms with van der Waals surface area (Å²) < 4.78 is 44.2. The Kier molecular flexibility index (Phi) is 6.75. The Morgan fingerprint density at radius 1 is 1.19 bits per heavy atom. The number of aromatic hydroxyl groups is 1. The molecule has 5 aliphatic rings. The number of hydrogen-bond acceptors (Lipinski definition) is 9. The summed E-state index contributed by atoms with van der Waals surface area (Å²) in [7, 11) is 3.03. The van der Waals surface area contributed by atoms with Crippen LogP contribution in [0.1, 0.15) is 59.2 Å². The maximum Gasteiger partial charge on any atom is 0.417 e. The number of amides is 1. The summed E-state index contributed by atoms with van der Waals surface area (Å²) in [6, 6.07) is -0.137. The van der Waals surface area contributed by atoms with Crippen molar-refractivity contribution in [1.82, 2.24) is 10.2 Å². The highest BCUT2D eigenvalue weighted by molar-refractivity contribution is 6.26. The number of fused-ring (bicyclic) bond motifs is 5. The van der Waals surface area contributed by atoms with Crippen LogP contribution in [0.4, 0.5) is 13.2 Å². The van der Waals surface area contributed by atoms with Gasteiger partial charge in [-0.2, -0.15) is 13.2 Å². The first kappa shape index (κ1) is 29.6. The summed E-state index contributed by atoms with van der Waals surface area (Å²) in [5.41, 5.74) is -1.51. The van der Waals surface area contributed by atoms with Crippen molar-refractivity contribution in [3.05, 3.63) is 51.0 Å². The summed E-state index contributed by atoms with van der Waals surface area (Å²) in [4.78, 5) is 27.5. The molecule has 2 saturated carbocycles. The molecule has 0 heterocycles. The number of nitrogens with one attached hydrogen (secondary N) is 2. The first-order chi connectivity index (χ1) is 20.1. The number of nitrogens with two attached hydrogens (primary N) is 1. The largest absolute Gasteiger partial charge is 0.510 e. The van der Waals surface area contributed by atoms with E-state index >= 15 is 0 Å². The fourth-order valence-corrected chi connectivity index (χ4v) is 8.67. The zero-order valence-corrected chi connectivity index (χ0v) is 23.8. The minimum atomic E-state index is -4.86. The second-order valence-corrected chi connectivity index (χ2v) is 13.0. The molecule has 232 valence electrons. The van der Waals surface area contributed by atoms with Crippen LogP contribution in [0.3, 0.4) is 0 Å². The SMILES string of the molecule is CN(C)[C@@H]1C(O)=C(C(N)=O)C(=N)[C@@]2(O)C(O)=C3C(=O)c4c(O)cc(CN[C@H]5CC6CC[C@H]5C6)c(C(F)(F)F)c4C[C@H]3C[C@@H]12. The molecule has 6 rings (SSSR count). The molecule has 1 aromatic rings. The number of hydrogen-bond donors (Lipinski definition) is 7. The van der Waals surface area contributed by atoms with Crippen LogP contribution in [0.25, 0.3) is 0 Å². The third-order valence-electron chi connectivity index (χ3n) is 10.4. The van der Waals surface area contributed by atoms with E-state index in [4.69, 9.17) is 11.1 Å². The Morgan fingerprint density at radius 3 is 2.44 bits per heavy atom. The van der Waals surface area contributed by atoms with Crippen LogP contribution in [-0.4, -0.2) is 74.5 Å². The average Bonchev–Trinajstić information content (AvgIpc) is 3.52. The summed E-state index contributed by atoms with van der Waals surface area (Å²) >= 11 is 0. The van der Waals surface area contributed by atoms with E-state index in [1.54, 1.807) is 0 Å². The number of aliphatic hydroxyl groups is 3. The van der Waals surface area contributed by atoms with E-state index in [0.717, 1.165) is 31.7 Å². The molecule has 10 nitrogen and oxygen atoms in total. The third-order valence-corrected chi connectivity index (χ3v) is 10.4. The zero-order chi connectivity index (χ0) is 31.3. The topological polar surface area (TPSA) is 180 Å². The Morgan fingerprint density at radius 2 is 1.88 bits per heavy atom. The van der Waals surface area contributed by atoms with Gasteiger partial charge in [0, 0.05) is 24.1 Å². The average molecular weight is 605 g/mol. The number of halogens is 3. The summed E-state index contributed by atoms with van der Waals surface area (Å²) in [6.07, 6.45) is -1.36. The Bertz CT molecular complexity index is 1520. The number of nitrogens with zero attached hydrogens (tertiary/aromatic N) is 1. The van der Waals surface area contributed by atoms with Gasteiger partial charge in [-0.1, -0.05) is 6.42 Å². The van der Waals surface area contributed by atoms with E-state index in [1.807, 2.05) is 0 Å². The lowest BCUT2D eigenvalue weighted by molar-refractivity contribution is -0.139. The lowest BCUT2D eigenvalue weighted by Gasteiger charge is -2.51. The number of aliphatic hydroxyl groups excluding tert-OH is 2. The summed E-state index contributed by atoms with van der Waals surface area (Å²) in [6.45, 7) is -0.146. The molecule has 2 bridgehead atoms. The lowest BCUT2D eigenvalue weighted by atomic mass is 9.58. The Labute approximate surface area is 245 Å².